The maximum absolute atomic E-state index is 8.82. The molecule has 0 saturated heterocycles. The first-order chi connectivity index (χ1) is 7.26. The van der Waals surface area contributed by atoms with Crippen LogP contribution in [-0.4, -0.2) is 15.0 Å². The standard InChI is InChI=1S/C11H12N4/c1-3-8(2)15-11-6-9(7-12)4-5-10(11)13-14-15/h4-6,8H,3H2,1-2H3. The highest BCUT2D eigenvalue weighted by atomic mass is 15.4. The van der Waals surface area contributed by atoms with Gasteiger partial charge in [-0.3, -0.25) is 0 Å². The minimum absolute atomic E-state index is 0.309. The van der Waals surface area contributed by atoms with Crippen molar-refractivity contribution in [1.82, 2.24) is 15.0 Å². The van der Waals surface area contributed by atoms with Crippen LogP contribution < -0.4 is 0 Å². The van der Waals surface area contributed by atoms with Crippen LogP contribution in [0.5, 0.6) is 0 Å². The first kappa shape index (κ1) is 9.66. The van der Waals surface area contributed by atoms with Crippen LogP contribution in [0.1, 0.15) is 31.9 Å². The van der Waals surface area contributed by atoms with E-state index in [2.05, 4.69) is 30.2 Å². The largest absolute Gasteiger partial charge is 0.242 e. The van der Waals surface area contributed by atoms with Crippen molar-refractivity contribution < 1.29 is 0 Å². The summed E-state index contributed by atoms with van der Waals surface area (Å²) >= 11 is 0. The Hall–Kier alpha value is -1.89. The molecule has 0 aliphatic heterocycles. The van der Waals surface area contributed by atoms with E-state index in [9.17, 15) is 0 Å². The molecular formula is C11H12N4. The average Bonchev–Trinajstić information content (AvgIpc) is 2.70. The molecule has 15 heavy (non-hydrogen) atoms. The summed E-state index contributed by atoms with van der Waals surface area (Å²) < 4.78 is 1.87. The predicted octanol–water partition coefficient (Wildman–Crippen LogP) is 2.27. The predicted molar refractivity (Wildman–Crippen MR) is 57.2 cm³/mol. The van der Waals surface area contributed by atoms with Crippen LogP contribution in [-0.2, 0) is 0 Å². The minimum Gasteiger partial charge on any atom is -0.242 e. The summed E-state index contributed by atoms with van der Waals surface area (Å²) in [7, 11) is 0. The van der Waals surface area contributed by atoms with E-state index in [0.717, 1.165) is 17.5 Å². The Morgan fingerprint density at radius 2 is 2.33 bits per heavy atom. The van der Waals surface area contributed by atoms with Gasteiger partial charge in [0.2, 0.25) is 0 Å². The Morgan fingerprint density at radius 1 is 1.53 bits per heavy atom. The summed E-state index contributed by atoms with van der Waals surface area (Å²) in [6, 6.07) is 7.86. The molecule has 1 aromatic carbocycles. The highest BCUT2D eigenvalue weighted by Gasteiger charge is 2.09. The van der Waals surface area contributed by atoms with Crippen LogP contribution in [0.2, 0.25) is 0 Å². The highest BCUT2D eigenvalue weighted by molar-refractivity contribution is 5.76. The number of benzene rings is 1. The Labute approximate surface area is 88.1 Å². The molecule has 0 bridgehead atoms. The van der Waals surface area contributed by atoms with Gasteiger partial charge in [-0.2, -0.15) is 5.26 Å². The molecule has 0 aliphatic rings. The van der Waals surface area contributed by atoms with Crippen molar-refractivity contribution in [3.8, 4) is 6.07 Å². The van der Waals surface area contributed by atoms with E-state index in [4.69, 9.17) is 5.26 Å². The number of hydrogen-bond donors (Lipinski definition) is 0. The Balaban J connectivity index is 2.62. The zero-order chi connectivity index (χ0) is 10.8. The fourth-order valence-electron chi connectivity index (χ4n) is 1.50. The van der Waals surface area contributed by atoms with Crippen molar-refractivity contribution in [3.05, 3.63) is 23.8 Å². The average molecular weight is 200 g/mol. The van der Waals surface area contributed by atoms with Gasteiger partial charge in [0.05, 0.1) is 23.2 Å². The summed E-state index contributed by atoms with van der Waals surface area (Å²) in [5.41, 5.74) is 2.42. The lowest BCUT2D eigenvalue weighted by Gasteiger charge is -2.08. The number of fused-ring (bicyclic) bond motifs is 1. The Kier molecular flexibility index (Phi) is 2.38. The molecule has 0 amide bonds. The lowest BCUT2D eigenvalue weighted by atomic mass is 10.2. The molecule has 0 fully saturated rings. The molecular weight excluding hydrogens is 188 g/mol. The molecule has 0 saturated carbocycles. The van der Waals surface area contributed by atoms with Crippen molar-refractivity contribution in [3.63, 3.8) is 0 Å². The molecule has 0 radical (unpaired) electrons. The normalized spacial score (nSPS) is 12.6. The second-order valence-corrected chi connectivity index (χ2v) is 3.61. The van der Waals surface area contributed by atoms with Gasteiger partial charge in [0.1, 0.15) is 5.52 Å². The van der Waals surface area contributed by atoms with Gasteiger partial charge in [-0.15, -0.1) is 5.10 Å². The van der Waals surface area contributed by atoms with Crippen molar-refractivity contribution in [2.75, 3.05) is 0 Å². The number of aromatic nitrogens is 3. The van der Waals surface area contributed by atoms with Gasteiger partial charge in [-0.25, -0.2) is 4.68 Å². The molecule has 1 aromatic heterocycles. The van der Waals surface area contributed by atoms with E-state index in [0.29, 0.717) is 11.6 Å². The molecule has 2 aromatic rings. The van der Waals surface area contributed by atoms with E-state index in [1.165, 1.54) is 0 Å². The third-order valence-corrected chi connectivity index (χ3v) is 2.61. The first-order valence-corrected chi connectivity index (χ1v) is 5.01. The van der Waals surface area contributed by atoms with Gasteiger partial charge in [0, 0.05) is 0 Å². The highest BCUT2D eigenvalue weighted by Crippen LogP contribution is 2.18. The molecule has 1 atom stereocenters. The van der Waals surface area contributed by atoms with Crippen molar-refractivity contribution in [1.29, 1.82) is 5.26 Å². The molecule has 1 heterocycles. The van der Waals surface area contributed by atoms with Gasteiger partial charge < -0.3 is 0 Å². The van der Waals surface area contributed by atoms with E-state index in [1.54, 1.807) is 6.07 Å². The van der Waals surface area contributed by atoms with Crippen molar-refractivity contribution >= 4 is 11.0 Å². The van der Waals surface area contributed by atoms with E-state index in [1.807, 2.05) is 16.8 Å². The van der Waals surface area contributed by atoms with Gasteiger partial charge in [0.25, 0.3) is 0 Å². The molecule has 76 valence electrons. The second-order valence-electron chi connectivity index (χ2n) is 3.61. The first-order valence-electron chi connectivity index (χ1n) is 5.01. The molecule has 4 heteroatoms. The van der Waals surface area contributed by atoms with Crippen LogP contribution >= 0.6 is 0 Å². The van der Waals surface area contributed by atoms with Gasteiger partial charge in [-0.1, -0.05) is 12.1 Å². The van der Waals surface area contributed by atoms with Crippen LogP contribution in [0, 0.1) is 11.3 Å². The van der Waals surface area contributed by atoms with Crippen molar-refractivity contribution in [2.45, 2.75) is 26.3 Å². The number of nitriles is 1. The zero-order valence-corrected chi connectivity index (χ0v) is 8.81. The van der Waals surface area contributed by atoms with Crippen LogP contribution in [0.25, 0.3) is 11.0 Å². The molecule has 2 rings (SSSR count). The van der Waals surface area contributed by atoms with E-state index in [-0.39, 0.29) is 0 Å². The zero-order valence-electron chi connectivity index (χ0n) is 8.81. The van der Waals surface area contributed by atoms with Crippen LogP contribution in [0.4, 0.5) is 0 Å². The fraction of sp³-hybridized carbons (Fsp3) is 0.364. The lowest BCUT2D eigenvalue weighted by Crippen LogP contribution is -2.05. The summed E-state index contributed by atoms with van der Waals surface area (Å²) in [6.45, 7) is 4.19. The Bertz CT molecular complexity index is 521. The molecule has 1 unspecified atom stereocenters. The third-order valence-electron chi connectivity index (χ3n) is 2.61. The van der Waals surface area contributed by atoms with E-state index < -0.39 is 0 Å². The number of rotatable bonds is 2. The van der Waals surface area contributed by atoms with Gasteiger partial charge >= 0.3 is 0 Å². The Morgan fingerprint density at radius 3 is 3.00 bits per heavy atom. The minimum atomic E-state index is 0.309. The topological polar surface area (TPSA) is 54.5 Å². The molecule has 0 aliphatic carbocycles. The molecule has 4 nitrogen and oxygen atoms in total. The van der Waals surface area contributed by atoms with Gasteiger partial charge in [0.15, 0.2) is 0 Å². The van der Waals surface area contributed by atoms with Crippen LogP contribution in [0.15, 0.2) is 18.2 Å². The monoisotopic (exact) mass is 200 g/mol. The van der Waals surface area contributed by atoms with Crippen LogP contribution in [0.3, 0.4) is 0 Å². The SMILES string of the molecule is CCC(C)n1nnc2ccc(C#N)cc21. The summed E-state index contributed by atoms with van der Waals surface area (Å²) in [5.74, 6) is 0. The molecule has 0 spiro atoms. The van der Waals surface area contributed by atoms with Crippen molar-refractivity contribution in [2.24, 2.45) is 0 Å². The summed E-state index contributed by atoms with van der Waals surface area (Å²) in [5, 5.41) is 17.0. The van der Waals surface area contributed by atoms with Gasteiger partial charge in [-0.05, 0) is 31.5 Å². The molecule has 0 N–H and O–H groups in total. The summed E-state index contributed by atoms with van der Waals surface area (Å²) in [4.78, 5) is 0. The maximum Gasteiger partial charge on any atom is 0.113 e. The summed E-state index contributed by atoms with van der Waals surface area (Å²) in [6.07, 6.45) is 0.995. The number of hydrogen-bond acceptors (Lipinski definition) is 3. The lowest BCUT2D eigenvalue weighted by molar-refractivity contribution is 0.478. The smallest absolute Gasteiger partial charge is 0.113 e. The second kappa shape index (κ2) is 3.70. The van der Waals surface area contributed by atoms with E-state index >= 15 is 0 Å². The fourth-order valence-corrected chi connectivity index (χ4v) is 1.50. The number of nitrogens with zero attached hydrogens (tertiary/aromatic N) is 4. The third kappa shape index (κ3) is 1.57. The maximum atomic E-state index is 8.82. The quantitative estimate of drug-likeness (QED) is 0.747.